The summed E-state index contributed by atoms with van der Waals surface area (Å²) in [5.74, 6) is 0.464. The van der Waals surface area contributed by atoms with E-state index in [-0.39, 0.29) is 12.5 Å². The Labute approximate surface area is 124 Å². The number of nitrogens with one attached hydrogen (secondary N) is 1. The molecule has 2 N–H and O–H groups in total. The average Bonchev–Trinajstić information content (AvgIpc) is 2.46. The number of benzene rings is 2. The standard InChI is InChI=1S/C17H19NO3/c1-12-6-3-4-9-16(12)21-11-17(20)18-15-8-5-7-14(10-15)13(2)19/h3-10,13,19H,11H2,1-2H3,(H,18,20)/t13-/m0/s1. The largest absolute Gasteiger partial charge is 0.483 e. The molecule has 0 saturated heterocycles. The maximum Gasteiger partial charge on any atom is 0.262 e. The highest BCUT2D eigenvalue weighted by Crippen LogP contribution is 2.18. The second kappa shape index (κ2) is 6.90. The molecule has 1 amide bonds. The van der Waals surface area contributed by atoms with Gasteiger partial charge in [0.2, 0.25) is 0 Å². The third-order valence-corrected chi connectivity index (χ3v) is 3.11. The zero-order valence-electron chi connectivity index (χ0n) is 12.2. The minimum absolute atomic E-state index is 0.0518. The number of anilines is 1. The lowest BCUT2D eigenvalue weighted by Crippen LogP contribution is -2.20. The predicted octanol–water partition coefficient (Wildman–Crippen LogP) is 3.07. The highest BCUT2D eigenvalue weighted by atomic mass is 16.5. The van der Waals surface area contributed by atoms with Crippen LogP contribution in [-0.4, -0.2) is 17.6 Å². The number of carbonyl (C=O) groups is 1. The topological polar surface area (TPSA) is 58.6 Å². The van der Waals surface area contributed by atoms with Crippen molar-refractivity contribution in [2.24, 2.45) is 0 Å². The molecule has 0 aliphatic rings. The lowest BCUT2D eigenvalue weighted by Gasteiger charge is -2.11. The molecule has 0 bridgehead atoms. The maximum atomic E-state index is 11.9. The van der Waals surface area contributed by atoms with E-state index in [0.29, 0.717) is 11.4 Å². The highest BCUT2D eigenvalue weighted by Gasteiger charge is 2.07. The van der Waals surface area contributed by atoms with Crippen LogP contribution in [0.4, 0.5) is 5.69 Å². The van der Waals surface area contributed by atoms with Gasteiger partial charge in [0, 0.05) is 5.69 Å². The molecule has 0 fully saturated rings. The van der Waals surface area contributed by atoms with Crippen molar-refractivity contribution < 1.29 is 14.6 Å². The molecule has 0 unspecified atom stereocenters. The van der Waals surface area contributed by atoms with E-state index in [1.54, 1.807) is 25.1 Å². The molecular weight excluding hydrogens is 266 g/mol. The van der Waals surface area contributed by atoms with Gasteiger partial charge in [-0.15, -0.1) is 0 Å². The quantitative estimate of drug-likeness (QED) is 0.887. The van der Waals surface area contributed by atoms with Crippen molar-refractivity contribution in [2.45, 2.75) is 20.0 Å². The lowest BCUT2D eigenvalue weighted by molar-refractivity contribution is -0.118. The number of para-hydroxylation sites is 1. The fourth-order valence-corrected chi connectivity index (χ4v) is 1.94. The number of aliphatic hydroxyl groups excluding tert-OH is 1. The molecule has 2 rings (SSSR count). The normalized spacial score (nSPS) is 11.8. The third-order valence-electron chi connectivity index (χ3n) is 3.11. The molecule has 0 aliphatic heterocycles. The molecule has 2 aromatic carbocycles. The van der Waals surface area contributed by atoms with Crippen LogP contribution >= 0.6 is 0 Å². The van der Waals surface area contributed by atoms with Gasteiger partial charge in [0.1, 0.15) is 5.75 Å². The highest BCUT2D eigenvalue weighted by molar-refractivity contribution is 5.91. The third kappa shape index (κ3) is 4.33. The van der Waals surface area contributed by atoms with Crippen LogP contribution in [-0.2, 0) is 4.79 Å². The second-order valence-corrected chi connectivity index (χ2v) is 4.90. The summed E-state index contributed by atoms with van der Waals surface area (Å²) in [7, 11) is 0. The molecule has 0 aromatic heterocycles. The SMILES string of the molecule is Cc1ccccc1OCC(=O)Nc1cccc([C@H](C)O)c1. The maximum absolute atomic E-state index is 11.9. The first-order chi connectivity index (χ1) is 10.1. The summed E-state index contributed by atoms with van der Waals surface area (Å²) in [5.41, 5.74) is 2.39. The van der Waals surface area contributed by atoms with Gasteiger partial charge in [-0.3, -0.25) is 4.79 Å². The number of amides is 1. The number of aliphatic hydroxyl groups is 1. The second-order valence-electron chi connectivity index (χ2n) is 4.90. The van der Waals surface area contributed by atoms with Crippen molar-refractivity contribution in [1.82, 2.24) is 0 Å². The van der Waals surface area contributed by atoms with Crippen molar-refractivity contribution in [3.05, 3.63) is 59.7 Å². The summed E-state index contributed by atoms with van der Waals surface area (Å²) in [5, 5.41) is 12.3. The van der Waals surface area contributed by atoms with Crippen molar-refractivity contribution in [3.63, 3.8) is 0 Å². The summed E-state index contributed by atoms with van der Waals surface area (Å²) < 4.78 is 5.49. The predicted molar refractivity (Wildman–Crippen MR) is 82.4 cm³/mol. The van der Waals surface area contributed by atoms with Gasteiger partial charge in [0.05, 0.1) is 6.10 Å². The lowest BCUT2D eigenvalue weighted by atomic mass is 10.1. The molecule has 0 aliphatic carbocycles. The van der Waals surface area contributed by atoms with Crippen molar-refractivity contribution in [3.8, 4) is 5.75 Å². The summed E-state index contributed by atoms with van der Waals surface area (Å²) >= 11 is 0. The van der Waals surface area contributed by atoms with Gasteiger partial charge >= 0.3 is 0 Å². The first-order valence-corrected chi connectivity index (χ1v) is 6.82. The summed E-state index contributed by atoms with van der Waals surface area (Å²) in [4.78, 5) is 11.9. The van der Waals surface area contributed by atoms with Crippen LogP contribution in [0.5, 0.6) is 5.75 Å². The van der Waals surface area contributed by atoms with E-state index in [2.05, 4.69) is 5.32 Å². The van der Waals surface area contributed by atoms with Gasteiger partial charge in [-0.1, -0.05) is 30.3 Å². The molecule has 0 radical (unpaired) electrons. The van der Waals surface area contributed by atoms with Crippen LogP contribution in [0.2, 0.25) is 0 Å². The van der Waals surface area contributed by atoms with Crippen molar-refractivity contribution >= 4 is 11.6 Å². The van der Waals surface area contributed by atoms with Gasteiger partial charge in [-0.2, -0.15) is 0 Å². The average molecular weight is 285 g/mol. The first kappa shape index (κ1) is 15.1. The summed E-state index contributed by atoms with van der Waals surface area (Å²) in [6.07, 6.45) is -0.565. The molecule has 4 nitrogen and oxygen atoms in total. The Kier molecular flexibility index (Phi) is 4.95. The minimum Gasteiger partial charge on any atom is -0.483 e. The molecule has 0 spiro atoms. The Bertz CT molecular complexity index is 623. The van der Waals surface area contributed by atoms with Crippen LogP contribution in [0.3, 0.4) is 0 Å². The summed E-state index contributed by atoms with van der Waals surface area (Å²) in [6, 6.07) is 14.7. The first-order valence-electron chi connectivity index (χ1n) is 6.82. The van der Waals surface area contributed by atoms with E-state index < -0.39 is 6.10 Å². The van der Waals surface area contributed by atoms with Gasteiger partial charge in [-0.05, 0) is 43.2 Å². The fraction of sp³-hybridized carbons (Fsp3) is 0.235. The zero-order chi connectivity index (χ0) is 15.2. The minimum atomic E-state index is -0.565. The molecule has 4 heteroatoms. The van der Waals surface area contributed by atoms with Crippen LogP contribution in [0.1, 0.15) is 24.2 Å². The van der Waals surface area contributed by atoms with E-state index >= 15 is 0 Å². The van der Waals surface area contributed by atoms with Crippen molar-refractivity contribution in [1.29, 1.82) is 0 Å². The van der Waals surface area contributed by atoms with Gasteiger partial charge < -0.3 is 15.2 Å². The van der Waals surface area contributed by atoms with E-state index in [0.717, 1.165) is 11.1 Å². The number of hydrogen-bond donors (Lipinski definition) is 2. The smallest absolute Gasteiger partial charge is 0.262 e. The molecule has 0 heterocycles. The fourth-order valence-electron chi connectivity index (χ4n) is 1.94. The number of hydrogen-bond acceptors (Lipinski definition) is 3. The van der Waals surface area contributed by atoms with Crippen LogP contribution < -0.4 is 10.1 Å². The Morgan fingerprint density at radius 1 is 1.24 bits per heavy atom. The Hall–Kier alpha value is -2.33. The number of ether oxygens (including phenoxy) is 1. The number of rotatable bonds is 5. The number of carbonyl (C=O) groups excluding carboxylic acids is 1. The molecule has 1 atom stereocenters. The summed E-state index contributed by atoms with van der Waals surface area (Å²) in [6.45, 7) is 3.56. The van der Waals surface area contributed by atoms with Gasteiger partial charge in [0.25, 0.3) is 5.91 Å². The van der Waals surface area contributed by atoms with E-state index in [1.807, 2.05) is 37.3 Å². The van der Waals surface area contributed by atoms with Crippen LogP contribution in [0.15, 0.2) is 48.5 Å². The van der Waals surface area contributed by atoms with E-state index in [1.165, 1.54) is 0 Å². The molecule has 110 valence electrons. The Balaban J connectivity index is 1.93. The zero-order valence-corrected chi connectivity index (χ0v) is 12.2. The number of aryl methyl sites for hydroxylation is 1. The van der Waals surface area contributed by atoms with E-state index in [9.17, 15) is 9.90 Å². The van der Waals surface area contributed by atoms with Gasteiger partial charge in [0.15, 0.2) is 6.61 Å². The van der Waals surface area contributed by atoms with Crippen LogP contribution in [0, 0.1) is 6.92 Å². The molecule has 2 aromatic rings. The Morgan fingerprint density at radius 2 is 2.00 bits per heavy atom. The van der Waals surface area contributed by atoms with E-state index in [4.69, 9.17) is 4.74 Å². The molecule has 0 saturated carbocycles. The van der Waals surface area contributed by atoms with Crippen molar-refractivity contribution in [2.75, 3.05) is 11.9 Å². The molecular formula is C17H19NO3. The van der Waals surface area contributed by atoms with Gasteiger partial charge in [-0.25, -0.2) is 0 Å². The van der Waals surface area contributed by atoms with Crippen LogP contribution in [0.25, 0.3) is 0 Å². The molecule has 21 heavy (non-hydrogen) atoms. The monoisotopic (exact) mass is 285 g/mol. The Morgan fingerprint density at radius 3 is 2.71 bits per heavy atom.